The van der Waals surface area contributed by atoms with E-state index in [0.29, 0.717) is 28.9 Å². The van der Waals surface area contributed by atoms with Gasteiger partial charge in [0, 0.05) is 18.7 Å². The highest BCUT2D eigenvalue weighted by Crippen LogP contribution is 2.25. The summed E-state index contributed by atoms with van der Waals surface area (Å²) in [5, 5.41) is 8.80. The third-order valence-electron chi connectivity index (χ3n) is 4.74. The van der Waals surface area contributed by atoms with Crippen LogP contribution in [0.1, 0.15) is 40.5 Å². The van der Waals surface area contributed by atoms with Crippen LogP contribution in [-0.4, -0.2) is 20.7 Å². The van der Waals surface area contributed by atoms with Crippen molar-refractivity contribution in [1.82, 2.24) is 14.8 Å². The number of halogens is 1. The first-order chi connectivity index (χ1) is 14.4. The number of hydrogen-bond donors (Lipinski definition) is 1. The lowest BCUT2D eigenvalue weighted by Gasteiger charge is -2.08. The van der Waals surface area contributed by atoms with E-state index in [1.54, 1.807) is 22.9 Å². The Morgan fingerprint density at radius 1 is 1.17 bits per heavy atom. The maximum atomic E-state index is 12.8. The second-order valence-electron chi connectivity index (χ2n) is 7.73. The molecule has 2 aromatic carbocycles. The van der Waals surface area contributed by atoms with Crippen molar-refractivity contribution >= 4 is 44.7 Å². The molecule has 0 aliphatic heterocycles. The lowest BCUT2D eigenvalue weighted by Crippen LogP contribution is -2.13. The summed E-state index contributed by atoms with van der Waals surface area (Å²) in [4.78, 5) is 17.5. The van der Waals surface area contributed by atoms with Crippen molar-refractivity contribution in [3.63, 3.8) is 0 Å². The van der Waals surface area contributed by atoms with Crippen LogP contribution in [0.3, 0.4) is 0 Å². The third-order valence-corrected chi connectivity index (χ3v) is 6.16. The second-order valence-corrected chi connectivity index (χ2v) is 9.20. The number of aryl methyl sites for hydroxylation is 1. The average Bonchev–Trinajstić information content (AvgIpc) is 3.22. The summed E-state index contributed by atoms with van der Waals surface area (Å²) >= 11 is 8.13. The van der Waals surface area contributed by atoms with Gasteiger partial charge in [0.25, 0.3) is 5.91 Å². The van der Waals surface area contributed by atoms with E-state index in [-0.39, 0.29) is 5.91 Å². The summed E-state index contributed by atoms with van der Waals surface area (Å²) < 4.78 is 2.89. The number of anilines is 1. The van der Waals surface area contributed by atoms with Crippen LogP contribution in [-0.2, 0) is 13.0 Å². The molecule has 2 heterocycles. The number of nitrogens with zero attached hydrogens (tertiary/aromatic N) is 3. The Morgan fingerprint density at radius 3 is 2.60 bits per heavy atom. The van der Waals surface area contributed by atoms with Crippen LogP contribution in [0.5, 0.6) is 0 Å². The molecule has 4 aromatic rings. The van der Waals surface area contributed by atoms with E-state index in [0.717, 1.165) is 28.2 Å². The van der Waals surface area contributed by atoms with Gasteiger partial charge in [-0.05, 0) is 42.7 Å². The lowest BCUT2D eigenvalue weighted by atomic mass is 10.1. The van der Waals surface area contributed by atoms with Gasteiger partial charge in [-0.3, -0.25) is 9.48 Å². The van der Waals surface area contributed by atoms with Gasteiger partial charge in [0.15, 0.2) is 0 Å². The molecule has 1 N–H and O–H groups in total. The fraction of sp³-hybridized carbons (Fsp3) is 0.261. The maximum Gasteiger partial charge on any atom is 0.260 e. The first-order valence-electron chi connectivity index (χ1n) is 9.88. The summed E-state index contributed by atoms with van der Waals surface area (Å²) in [6.07, 6.45) is 0.764. The van der Waals surface area contributed by atoms with E-state index in [2.05, 4.69) is 35.3 Å². The zero-order chi connectivity index (χ0) is 21.3. The standard InChI is InChI=1S/C23H23ClN4OS/c1-14(2)13-28-22(24)21(15(3)27-28)23(29)25-17-10-8-16(9-11-17)12-20-26-18-6-4-5-7-19(18)30-20/h4-11,14H,12-13H2,1-3H3,(H,25,29). The van der Waals surface area contributed by atoms with Crippen molar-refractivity contribution < 1.29 is 4.79 Å². The van der Waals surface area contributed by atoms with Crippen LogP contribution in [0.2, 0.25) is 5.15 Å². The topological polar surface area (TPSA) is 59.8 Å². The zero-order valence-electron chi connectivity index (χ0n) is 17.1. The van der Waals surface area contributed by atoms with Gasteiger partial charge in [-0.2, -0.15) is 5.10 Å². The number of benzene rings is 2. The molecule has 4 rings (SSSR count). The summed E-state index contributed by atoms with van der Waals surface area (Å²) in [6.45, 7) is 6.65. The Hall–Kier alpha value is -2.70. The number of amides is 1. The number of carbonyl (C=O) groups is 1. The molecule has 0 saturated carbocycles. The summed E-state index contributed by atoms with van der Waals surface area (Å²) in [5.41, 5.74) is 3.96. The number of rotatable bonds is 6. The molecule has 0 aliphatic rings. The monoisotopic (exact) mass is 438 g/mol. The molecule has 0 fully saturated rings. The third kappa shape index (κ3) is 4.40. The quantitative estimate of drug-likeness (QED) is 0.404. The molecule has 1 amide bonds. The molecule has 5 nitrogen and oxygen atoms in total. The van der Waals surface area contributed by atoms with Crippen LogP contribution in [0.4, 0.5) is 5.69 Å². The van der Waals surface area contributed by atoms with Gasteiger partial charge >= 0.3 is 0 Å². The summed E-state index contributed by atoms with van der Waals surface area (Å²) in [6, 6.07) is 16.0. The van der Waals surface area contributed by atoms with Gasteiger partial charge in [0.1, 0.15) is 5.15 Å². The Labute approximate surface area is 184 Å². The molecule has 0 unspecified atom stereocenters. The van der Waals surface area contributed by atoms with E-state index < -0.39 is 0 Å². The minimum atomic E-state index is -0.244. The Balaban J connectivity index is 1.45. The molecule has 0 aliphatic carbocycles. The predicted octanol–water partition coefficient (Wildman–Crippen LogP) is 5.95. The van der Waals surface area contributed by atoms with Crippen LogP contribution in [0, 0.1) is 12.8 Å². The minimum Gasteiger partial charge on any atom is -0.322 e. The molecule has 30 heavy (non-hydrogen) atoms. The number of hydrogen-bond acceptors (Lipinski definition) is 4. The van der Waals surface area contributed by atoms with Crippen molar-refractivity contribution in [1.29, 1.82) is 0 Å². The SMILES string of the molecule is Cc1nn(CC(C)C)c(Cl)c1C(=O)Nc1ccc(Cc2nc3ccccc3s2)cc1. The predicted molar refractivity (Wildman–Crippen MR) is 124 cm³/mol. The van der Waals surface area contributed by atoms with Crippen molar-refractivity contribution in [3.8, 4) is 0 Å². The van der Waals surface area contributed by atoms with Crippen molar-refractivity contribution in [2.45, 2.75) is 33.7 Å². The molecule has 0 atom stereocenters. The van der Waals surface area contributed by atoms with E-state index >= 15 is 0 Å². The largest absolute Gasteiger partial charge is 0.322 e. The molecular formula is C23H23ClN4OS. The highest BCUT2D eigenvalue weighted by molar-refractivity contribution is 7.18. The number of para-hydroxylation sites is 1. The number of carbonyl (C=O) groups excluding carboxylic acids is 1. The highest BCUT2D eigenvalue weighted by atomic mass is 35.5. The maximum absolute atomic E-state index is 12.8. The highest BCUT2D eigenvalue weighted by Gasteiger charge is 2.20. The molecule has 7 heteroatoms. The normalized spacial score (nSPS) is 11.4. The van der Waals surface area contributed by atoms with Gasteiger partial charge in [-0.15, -0.1) is 11.3 Å². The van der Waals surface area contributed by atoms with E-state index in [4.69, 9.17) is 11.6 Å². The minimum absolute atomic E-state index is 0.244. The number of nitrogens with one attached hydrogen (secondary N) is 1. The van der Waals surface area contributed by atoms with E-state index in [9.17, 15) is 4.79 Å². The Kier molecular flexibility index (Phi) is 5.88. The van der Waals surface area contributed by atoms with Gasteiger partial charge in [-0.25, -0.2) is 4.98 Å². The first-order valence-corrected chi connectivity index (χ1v) is 11.1. The number of aromatic nitrogens is 3. The number of fused-ring (bicyclic) bond motifs is 1. The molecule has 0 spiro atoms. The van der Waals surface area contributed by atoms with Crippen LogP contribution < -0.4 is 5.32 Å². The van der Waals surface area contributed by atoms with Crippen LogP contribution in [0.25, 0.3) is 10.2 Å². The molecule has 0 saturated heterocycles. The van der Waals surface area contributed by atoms with Gasteiger partial charge in [0.05, 0.1) is 26.5 Å². The summed E-state index contributed by atoms with van der Waals surface area (Å²) in [5.74, 6) is 0.145. The van der Waals surface area contributed by atoms with Crippen molar-refractivity contribution in [2.75, 3.05) is 5.32 Å². The Bertz CT molecular complexity index is 1160. The molecule has 2 aromatic heterocycles. The van der Waals surface area contributed by atoms with E-state index in [1.165, 1.54) is 4.70 Å². The smallest absolute Gasteiger partial charge is 0.260 e. The first kappa shape index (κ1) is 20.6. The fourth-order valence-electron chi connectivity index (χ4n) is 3.35. The lowest BCUT2D eigenvalue weighted by molar-refractivity contribution is 0.102. The molecule has 0 radical (unpaired) electrons. The zero-order valence-corrected chi connectivity index (χ0v) is 18.7. The van der Waals surface area contributed by atoms with Gasteiger partial charge in [0.2, 0.25) is 0 Å². The molecule has 154 valence electrons. The van der Waals surface area contributed by atoms with E-state index in [1.807, 2.05) is 42.5 Å². The average molecular weight is 439 g/mol. The molecule has 0 bridgehead atoms. The van der Waals surface area contributed by atoms with Crippen LogP contribution in [0.15, 0.2) is 48.5 Å². The van der Waals surface area contributed by atoms with Crippen molar-refractivity contribution in [3.05, 3.63) is 75.5 Å². The van der Waals surface area contributed by atoms with Gasteiger partial charge in [-0.1, -0.05) is 49.7 Å². The van der Waals surface area contributed by atoms with Crippen molar-refractivity contribution in [2.24, 2.45) is 5.92 Å². The Morgan fingerprint density at radius 2 is 1.90 bits per heavy atom. The second kappa shape index (κ2) is 8.58. The molecular weight excluding hydrogens is 416 g/mol. The number of thiazole rings is 1. The fourth-order valence-corrected chi connectivity index (χ4v) is 4.68. The van der Waals surface area contributed by atoms with Gasteiger partial charge < -0.3 is 5.32 Å². The van der Waals surface area contributed by atoms with Crippen LogP contribution >= 0.6 is 22.9 Å². The summed E-state index contributed by atoms with van der Waals surface area (Å²) in [7, 11) is 0.